The molecule has 2 amide bonds. The molecule has 0 saturated heterocycles. The van der Waals surface area contributed by atoms with E-state index in [1.165, 1.54) is 12.1 Å². The Kier molecular flexibility index (Phi) is 7.65. The van der Waals surface area contributed by atoms with Gasteiger partial charge in [0, 0.05) is 11.6 Å². The zero-order chi connectivity index (χ0) is 16.7. The van der Waals surface area contributed by atoms with Crippen LogP contribution >= 0.6 is 23.2 Å². The number of benzene rings is 1. The van der Waals surface area contributed by atoms with E-state index < -0.39 is 11.9 Å². The molecule has 0 radical (unpaired) electrons. The van der Waals surface area contributed by atoms with E-state index in [9.17, 15) is 9.59 Å². The highest BCUT2D eigenvalue weighted by molar-refractivity contribution is 6.36. The molecule has 5 nitrogen and oxygen atoms in total. The van der Waals surface area contributed by atoms with E-state index in [2.05, 4.69) is 10.6 Å². The Morgan fingerprint density at radius 2 is 1.95 bits per heavy atom. The Morgan fingerprint density at radius 1 is 1.27 bits per heavy atom. The maximum Gasteiger partial charge on any atom is 0.253 e. The van der Waals surface area contributed by atoms with Crippen LogP contribution in [-0.2, 0) is 4.79 Å². The summed E-state index contributed by atoms with van der Waals surface area (Å²) in [5.74, 6) is -0.557. The molecule has 22 heavy (non-hydrogen) atoms. The summed E-state index contributed by atoms with van der Waals surface area (Å²) in [6.45, 7) is 3.89. The van der Waals surface area contributed by atoms with Gasteiger partial charge in [-0.05, 0) is 30.5 Å². The lowest BCUT2D eigenvalue weighted by Crippen LogP contribution is -2.48. The Bertz CT molecular complexity index is 536. The second-order valence-electron chi connectivity index (χ2n) is 5.29. The van der Waals surface area contributed by atoms with Crippen molar-refractivity contribution >= 4 is 35.0 Å². The van der Waals surface area contributed by atoms with Gasteiger partial charge in [-0.25, -0.2) is 0 Å². The number of amides is 2. The molecular formula is C15H20Cl2N2O3. The fourth-order valence-electron chi connectivity index (χ4n) is 1.91. The van der Waals surface area contributed by atoms with Crippen molar-refractivity contribution in [3.05, 3.63) is 33.8 Å². The molecule has 3 N–H and O–H groups in total. The van der Waals surface area contributed by atoms with Crippen LogP contribution in [0.2, 0.25) is 10.0 Å². The summed E-state index contributed by atoms with van der Waals surface area (Å²) in [5.41, 5.74) is 0.259. The Hall–Kier alpha value is -1.30. The molecule has 0 heterocycles. The molecule has 1 atom stereocenters. The number of nitrogens with one attached hydrogen (secondary N) is 2. The lowest BCUT2D eigenvalue weighted by atomic mass is 10.0. The average molecular weight is 347 g/mol. The van der Waals surface area contributed by atoms with Crippen LogP contribution < -0.4 is 10.6 Å². The van der Waals surface area contributed by atoms with E-state index in [0.29, 0.717) is 11.4 Å². The third kappa shape index (κ3) is 5.83. The number of aliphatic hydroxyl groups excluding tert-OH is 1. The number of hydrogen-bond acceptors (Lipinski definition) is 3. The topological polar surface area (TPSA) is 78.4 Å². The van der Waals surface area contributed by atoms with Crippen LogP contribution in [0.15, 0.2) is 18.2 Å². The quantitative estimate of drug-likeness (QED) is 0.708. The van der Waals surface area contributed by atoms with Gasteiger partial charge in [0.2, 0.25) is 5.91 Å². The number of rotatable bonds is 7. The SMILES string of the molecule is CC(C)CC(NC(=O)c1ccc(Cl)cc1Cl)C(=O)NCCO. The van der Waals surface area contributed by atoms with Crippen molar-refractivity contribution in [3.8, 4) is 0 Å². The average Bonchev–Trinajstić information content (AvgIpc) is 2.43. The minimum atomic E-state index is -0.689. The summed E-state index contributed by atoms with van der Waals surface area (Å²) in [5, 5.41) is 14.7. The van der Waals surface area contributed by atoms with Crippen molar-refractivity contribution in [1.82, 2.24) is 10.6 Å². The molecule has 0 bridgehead atoms. The first-order chi connectivity index (χ1) is 10.3. The molecule has 7 heteroatoms. The molecule has 1 rings (SSSR count). The maximum atomic E-state index is 12.3. The van der Waals surface area contributed by atoms with Gasteiger partial charge in [-0.2, -0.15) is 0 Å². The molecule has 0 aliphatic rings. The van der Waals surface area contributed by atoms with E-state index in [0.717, 1.165) is 0 Å². The molecule has 1 unspecified atom stereocenters. The molecule has 0 aliphatic carbocycles. The molecule has 122 valence electrons. The number of aliphatic hydroxyl groups is 1. The monoisotopic (exact) mass is 346 g/mol. The molecule has 0 spiro atoms. The van der Waals surface area contributed by atoms with E-state index in [-0.39, 0.29) is 35.6 Å². The van der Waals surface area contributed by atoms with Gasteiger partial charge in [-0.1, -0.05) is 37.0 Å². The van der Waals surface area contributed by atoms with Gasteiger partial charge in [0.05, 0.1) is 17.2 Å². The summed E-state index contributed by atoms with van der Waals surface area (Å²) in [4.78, 5) is 24.3. The van der Waals surface area contributed by atoms with Crippen LogP contribution in [0.25, 0.3) is 0 Å². The summed E-state index contributed by atoms with van der Waals surface area (Å²) >= 11 is 11.8. The molecule has 0 saturated carbocycles. The van der Waals surface area contributed by atoms with Crippen molar-refractivity contribution in [1.29, 1.82) is 0 Å². The largest absolute Gasteiger partial charge is 0.395 e. The summed E-state index contributed by atoms with van der Waals surface area (Å²) in [6.07, 6.45) is 0.480. The zero-order valence-corrected chi connectivity index (χ0v) is 14.0. The molecule has 0 fully saturated rings. The number of carbonyl (C=O) groups excluding carboxylic acids is 2. The van der Waals surface area contributed by atoms with Gasteiger partial charge in [0.1, 0.15) is 6.04 Å². The number of hydrogen-bond donors (Lipinski definition) is 3. The molecular weight excluding hydrogens is 327 g/mol. The second-order valence-corrected chi connectivity index (χ2v) is 6.14. The second kappa shape index (κ2) is 8.98. The third-order valence-electron chi connectivity index (χ3n) is 2.92. The smallest absolute Gasteiger partial charge is 0.253 e. The van der Waals surface area contributed by atoms with Gasteiger partial charge in [0.15, 0.2) is 0 Å². The summed E-state index contributed by atoms with van der Waals surface area (Å²) in [7, 11) is 0. The van der Waals surface area contributed by atoms with E-state index in [4.69, 9.17) is 28.3 Å². The third-order valence-corrected chi connectivity index (χ3v) is 3.46. The first kappa shape index (κ1) is 18.7. The van der Waals surface area contributed by atoms with E-state index in [1.54, 1.807) is 6.07 Å². The van der Waals surface area contributed by atoms with Crippen molar-refractivity contribution in [2.75, 3.05) is 13.2 Å². The van der Waals surface area contributed by atoms with E-state index >= 15 is 0 Å². The lowest BCUT2D eigenvalue weighted by Gasteiger charge is -2.20. The van der Waals surface area contributed by atoms with Crippen LogP contribution in [-0.4, -0.2) is 36.1 Å². The predicted molar refractivity (Wildman–Crippen MR) is 87.3 cm³/mol. The van der Waals surface area contributed by atoms with Crippen LogP contribution in [0, 0.1) is 5.92 Å². The predicted octanol–water partition coefficient (Wildman–Crippen LogP) is 2.25. The Labute approximate surface area is 140 Å². The normalized spacial score (nSPS) is 12.1. The standard InChI is InChI=1S/C15H20Cl2N2O3/c1-9(2)7-13(15(22)18-5-6-20)19-14(21)11-4-3-10(16)8-12(11)17/h3-4,8-9,13,20H,5-7H2,1-2H3,(H,18,22)(H,19,21). The lowest BCUT2D eigenvalue weighted by molar-refractivity contribution is -0.123. The van der Waals surface area contributed by atoms with Crippen molar-refractivity contribution < 1.29 is 14.7 Å². The molecule has 0 aromatic heterocycles. The fourth-order valence-corrected chi connectivity index (χ4v) is 2.41. The molecule has 0 aliphatic heterocycles. The van der Waals surface area contributed by atoms with Crippen molar-refractivity contribution in [2.24, 2.45) is 5.92 Å². The number of halogens is 2. The van der Waals surface area contributed by atoms with Gasteiger partial charge in [-0.15, -0.1) is 0 Å². The molecule has 1 aromatic rings. The fraction of sp³-hybridized carbons (Fsp3) is 0.467. The minimum Gasteiger partial charge on any atom is -0.395 e. The van der Waals surface area contributed by atoms with Crippen LogP contribution in [0.5, 0.6) is 0 Å². The highest BCUT2D eigenvalue weighted by Gasteiger charge is 2.23. The van der Waals surface area contributed by atoms with Gasteiger partial charge < -0.3 is 15.7 Å². The van der Waals surface area contributed by atoms with Crippen molar-refractivity contribution in [2.45, 2.75) is 26.3 Å². The van der Waals surface area contributed by atoms with Crippen LogP contribution in [0.3, 0.4) is 0 Å². The Balaban J connectivity index is 2.83. The van der Waals surface area contributed by atoms with Crippen LogP contribution in [0.4, 0.5) is 0 Å². The van der Waals surface area contributed by atoms with Crippen LogP contribution in [0.1, 0.15) is 30.6 Å². The number of carbonyl (C=O) groups is 2. The molecule has 1 aromatic carbocycles. The van der Waals surface area contributed by atoms with Gasteiger partial charge in [-0.3, -0.25) is 9.59 Å². The van der Waals surface area contributed by atoms with Gasteiger partial charge in [0.25, 0.3) is 5.91 Å². The Morgan fingerprint density at radius 3 is 2.50 bits per heavy atom. The minimum absolute atomic E-state index is 0.144. The first-order valence-corrected chi connectivity index (χ1v) is 7.75. The summed E-state index contributed by atoms with van der Waals surface area (Å²) < 4.78 is 0. The highest BCUT2D eigenvalue weighted by atomic mass is 35.5. The van der Waals surface area contributed by atoms with E-state index in [1.807, 2.05) is 13.8 Å². The summed E-state index contributed by atoms with van der Waals surface area (Å²) in [6, 6.07) is 3.86. The van der Waals surface area contributed by atoms with Gasteiger partial charge >= 0.3 is 0 Å². The highest BCUT2D eigenvalue weighted by Crippen LogP contribution is 2.21. The maximum absolute atomic E-state index is 12.3. The zero-order valence-electron chi connectivity index (χ0n) is 12.5. The van der Waals surface area contributed by atoms with Crippen molar-refractivity contribution in [3.63, 3.8) is 0 Å². The first-order valence-electron chi connectivity index (χ1n) is 6.99.